The van der Waals surface area contributed by atoms with Crippen molar-refractivity contribution in [1.82, 2.24) is 10.6 Å². The number of carbonyl (C=O) groups excluding carboxylic acids is 1. The fourth-order valence-corrected chi connectivity index (χ4v) is 1.55. The van der Waals surface area contributed by atoms with Crippen molar-refractivity contribution in [1.29, 1.82) is 0 Å². The largest absolute Gasteiger partial charge is 0.353 e. The SMILES string of the molecule is O=C(NCC(Cl)Cl)[C@@H]1CCCNC1. The molecule has 0 radical (unpaired) electrons. The van der Waals surface area contributed by atoms with Crippen LogP contribution in [-0.4, -0.2) is 30.4 Å². The molecule has 1 saturated heterocycles. The lowest BCUT2D eigenvalue weighted by Crippen LogP contribution is -2.41. The van der Waals surface area contributed by atoms with Crippen molar-refractivity contribution in [2.75, 3.05) is 19.6 Å². The van der Waals surface area contributed by atoms with Crippen LogP contribution in [0.25, 0.3) is 0 Å². The van der Waals surface area contributed by atoms with Crippen LogP contribution < -0.4 is 10.6 Å². The quantitative estimate of drug-likeness (QED) is 0.701. The van der Waals surface area contributed by atoms with Crippen LogP contribution in [0.5, 0.6) is 0 Å². The first-order valence-corrected chi connectivity index (χ1v) is 5.34. The molecule has 1 rings (SSSR count). The number of amides is 1. The van der Waals surface area contributed by atoms with Crippen LogP contribution >= 0.6 is 23.2 Å². The molecule has 3 nitrogen and oxygen atoms in total. The average molecular weight is 225 g/mol. The Hall–Kier alpha value is 0.01000. The molecule has 0 aromatic rings. The maximum atomic E-state index is 11.4. The van der Waals surface area contributed by atoms with E-state index in [9.17, 15) is 4.79 Å². The molecule has 0 aliphatic carbocycles. The predicted octanol–water partition coefficient (Wildman–Crippen LogP) is 0.906. The average Bonchev–Trinajstić information content (AvgIpc) is 2.15. The Kier molecular flexibility index (Phi) is 4.84. The van der Waals surface area contributed by atoms with Crippen molar-refractivity contribution in [2.24, 2.45) is 5.92 Å². The zero-order valence-electron chi connectivity index (χ0n) is 7.35. The molecule has 0 unspecified atom stereocenters. The second-order valence-corrected chi connectivity index (χ2v) is 4.46. The van der Waals surface area contributed by atoms with Gasteiger partial charge in [-0.2, -0.15) is 0 Å². The van der Waals surface area contributed by atoms with Crippen LogP contribution in [0, 0.1) is 5.92 Å². The molecule has 76 valence electrons. The second kappa shape index (κ2) is 5.68. The summed E-state index contributed by atoms with van der Waals surface area (Å²) in [6, 6.07) is 0. The van der Waals surface area contributed by atoms with Crippen LogP contribution in [-0.2, 0) is 4.79 Å². The van der Waals surface area contributed by atoms with E-state index < -0.39 is 4.84 Å². The molecule has 0 saturated carbocycles. The molecule has 0 aromatic carbocycles. The Morgan fingerprint density at radius 2 is 2.38 bits per heavy atom. The Bertz CT molecular complexity index is 170. The molecule has 1 atom stereocenters. The molecule has 1 fully saturated rings. The van der Waals surface area contributed by atoms with E-state index in [2.05, 4.69) is 10.6 Å². The van der Waals surface area contributed by atoms with Crippen molar-refractivity contribution >= 4 is 29.1 Å². The summed E-state index contributed by atoms with van der Waals surface area (Å²) in [5.74, 6) is 0.138. The summed E-state index contributed by atoms with van der Waals surface area (Å²) in [5, 5.41) is 5.89. The normalized spacial score (nSPS) is 23.2. The highest BCUT2D eigenvalue weighted by Crippen LogP contribution is 2.10. The highest BCUT2D eigenvalue weighted by atomic mass is 35.5. The summed E-state index contributed by atoms with van der Waals surface area (Å²) in [6.07, 6.45) is 2.01. The minimum absolute atomic E-state index is 0.0542. The highest BCUT2D eigenvalue weighted by Gasteiger charge is 2.20. The Morgan fingerprint density at radius 3 is 2.92 bits per heavy atom. The summed E-state index contributed by atoms with van der Waals surface area (Å²) in [4.78, 5) is 10.9. The first-order chi connectivity index (χ1) is 6.20. The van der Waals surface area contributed by atoms with Gasteiger partial charge in [0.05, 0.1) is 5.92 Å². The van der Waals surface area contributed by atoms with E-state index in [0.717, 1.165) is 25.9 Å². The van der Waals surface area contributed by atoms with Gasteiger partial charge in [-0.1, -0.05) is 0 Å². The lowest BCUT2D eigenvalue weighted by Gasteiger charge is -2.21. The first kappa shape index (κ1) is 11.1. The number of nitrogens with one attached hydrogen (secondary N) is 2. The summed E-state index contributed by atoms with van der Waals surface area (Å²) >= 11 is 11.0. The summed E-state index contributed by atoms with van der Waals surface area (Å²) in [5.41, 5.74) is 0. The summed E-state index contributed by atoms with van der Waals surface area (Å²) in [6.45, 7) is 2.11. The van der Waals surface area contributed by atoms with Crippen LogP contribution in [0.4, 0.5) is 0 Å². The van der Waals surface area contributed by atoms with Gasteiger partial charge in [0, 0.05) is 13.1 Å². The van der Waals surface area contributed by atoms with Crippen molar-refractivity contribution in [2.45, 2.75) is 17.7 Å². The first-order valence-electron chi connectivity index (χ1n) is 4.46. The van der Waals surface area contributed by atoms with Crippen molar-refractivity contribution in [3.05, 3.63) is 0 Å². The third-order valence-corrected chi connectivity index (χ3v) is 2.41. The van der Waals surface area contributed by atoms with Gasteiger partial charge in [0.1, 0.15) is 4.84 Å². The molecule has 1 heterocycles. The molecular formula is C8H14Cl2N2O. The van der Waals surface area contributed by atoms with Crippen LogP contribution in [0.15, 0.2) is 0 Å². The molecule has 5 heteroatoms. The Morgan fingerprint density at radius 1 is 1.62 bits per heavy atom. The van der Waals surface area contributed by atoms with E-state index in [4.69, 9.17) is 23.2 Å². The van der Waals surface area contributed by atoms with E-state index in [0.29, 0.717) is 6.54 Å². The highest BCUT2D eigenvalue weighted by molar-refractivity contribution is 6.44. The number of halogens is 2. The van der Waals surface area contributed by atoms with Crippen LogP contribution in [0.2, 0.25) is 0 Å². The molecule has 0 spiro atoms. The molecule has 1 aliphatic rings. The smallest absolute Gasteiger partial charge is 0.224 e. The number of rotatable bonds is 3. The maximum Gasteiger partial charge on any atom is 0.224 e. The predicted molar refractivity (Wildman–Crippen MR) is 54.1 cm³/mol. The Balaban J connectivity index is 2.21. The van der Waals surface area contributed by atoms with Crippen LogP contribution in [0.1, 0.15) is 12.8 Å². The fraction of sp³-hybridized carbons (Fsp3) is 0.875. The number of hydrogen-bond donors (Lipinski definition) is 2. The van der Waals surface area contributed by atoms with Gasteiger partial charge in [0.15, 0.2) is 0 Å². The molecule has 1 amide bonds. The van der Waals surface area contributed by atoms with E-state index in [1.54, 1.807) is 0 Å². The number of piperidine rings is 1. The summed E-state index contributed by atoms with van der Waals surface area (Å²) in [7, 11) is 0. The van der Waals surface area contributed by atoms with Crippen molar-refractivity contribution < 1.29 is 4.79 Å². The number of carbonyl (C=O) groups is 1. The van der Waals surface area contributed by atoms with E-state index in [1.165, 1.54) is 0 Å². The van der Waals surface area contributed by atoms with Gasteiger partial charge in [-0.25, -0.2) is 0 Å². The van der Waals surface area contributed by atoms with Gasteiger partial charge in [0.2, 0.25) is 5.91 Å². The molecular weight excluding hydrogens is 211 g/mol. The number of hydrogen-bond acceptors (Lipinski definition) is 2. The minimum Gasteiger partial charge on any atom is -0.353 e. The lowest BCUT2D eigenvalue weighted by atomic mass is 9.99. The van der Waals surface area contributed by atoms with E-state index in [1.807, 2.05) is 0 Å². The molecule has 0 bridgehead atoms. The van der Waals surface area contributed by atoms with Crippen LogP contribution in [0.3, 0.4) is 0 Å². The van der Waals surface area contributed by atoms with Gasteiger partial charge >= 0.3 is 0 Å². The zero-order chi connectivity index (χ0) is 9.68. The van der Waals surface area contributed by atoms with Gasteiger partial charge in [-0.15, -0.1) is 23.2 Å². The zero-order valence-corrected chi connectivity index (χ0v) is 8.87. The van der Waals surface area contributed by atoms with E-state index >= 15 is 0 Å². The molecule has 0 aromatic heterocycles. The Labute approximate surface area is 88.2 Å². The van der Waals surface area contributed by atoms with Crippen molar-refractivity contribution in [3.63, 3.8) is 0 Å². The fourth-order valence-electron chi connectivity index (χ4n) is 1.40. The van der Waals surface area contributed by atoms with Gasteiger partial charge in [0.25, 0.3) is 0 Å². The van der Waals surface area contributed by atoms with Gasteiger partial charge < -0.3 is 10.6 Å². The monoisotopic (exact) mass is 224 g/mol. The lowest BCUT2D eigenvalue weighted by molar-refractivity contribution is -0.125. The standard InChI is InChI=1S/C8H14Cl2N2O/c9-7(10)5-12-8(13)6-2-1-3-11-4-6/h6-7,11H,1-5H2,(H,12,13)/t6-/m1/s1. The third kappa shape index (κ3) is 4.16. The molecule has 2 N–H and O–H groups in total. The third-order valence-electron chi connectivity index (χ3n) is 2.10. The molecule has 1 aliphatic heterocycles. The van der Waals surface area contributed by atoms with E-state index in [-0.39, 0.29) is 11.8 Å². The van der Waals surface area contributed by atoms with Gasteiger partial charge in [-0.3, -0.25) is 4.79 Å². The maximum absolute atomic E-state index is 11.4. The number of alkyl halides is 2. The minimum atomic E-state index is -0.513. The van der Waals surface area contributed by atoms with Crippen molar-refractivity contribution in [3.8, 4) is 0 Å². The molecule has 13 heavy (non-hydrogen) atoms. The topological polar surface area (TPSA) is 41.1 Å². The van der Waals surface area contributed by atoms with Gasteiger partial charge in [-0.05, 0) is 19.4 Å². The summed E-state index contributed by atoms with van der Waals surface area (Å²) < 4.78 is 0. The second-order valence-electron chi connectivity index (χ2n) is 3.18.